The zero-order chi connectivity index (χ0) is 4.50. The predicted octanol–water partition coefficient (Wildman–Crippen LogP) is -0.858. The molecule has 0 bridgehead atoms. The molecule has 0 fully saturated rings. The molecule has 0 amide bonds. The summed E-state index contributed by atoms with van der Waals surface area (Å²) in [5.41, 5.74) is 0. The van der Waals surface area contributed by atoms with Gasteiger partial charge in [-0.25, -0.2) is 0 Å². The standard InChI is InChI=1S/Mn.H2O.3O.H3P/h;1H2;;;;1H3/q+1;;;;;/p-1. The molecule has 1 N–H and O–H groups in total. The monoisotopic (exact) mass is 154 g/mol. The van der Waals surface area contributed by atoms with E-state index in [1.165, 1.54) is 0 Å². The van der Waals surface area contributed by atoms with Gasteiger partial charge in [-0.3, -0.25) is 0 Å². The van der Waals surface area contributed by atoms with Gasteiger partial charge in [0.1, 0.15) is 0 Å². The van der Waals surface area contributed by atoms with E-state index in [0.717, 1.165) is 0 Å². The first kappa shape index (κ1) is 9.58. The second kappa shape index (κ2) is 2.48. The molecule has 4 nitrogen and oxygen atoms in total. The van der Waals surface area contributed by atoms with Crippen molar-refractivity contribution in [3.05, 3.63) is 0 Å². The van der Waals surface area contributed by atoms with Crippen molar-refractivity contribution in [1.82, 2.24) is 0 Å². The Hall–Kier alpha value is 0.309. The van der Waals surface area contributed by atoms with Gasteiger partial charge in [-0.15, -0.1) is 0 Å². The molecule has 1 unspecified atom stereocenters. The normalized spacial score (nSPS) is 9.50. The molecule has 6 heavy (non-hydrogen) atoms. The molecule has 0 saturated carbocycles. The van der Waals surface area contributed by atoms with Crippen LogP contribution in [0.4, 0.5) is 0 Å². The van der Waals surface area contributed by atoms with Gasteiger partial charge in [0.25, 0.3) is 0 Å². The van der Waals surface area contributed by atoms with E-state index in [4.69, 9.17) is 15.7 Å². The van der Waals surface area contributed by atoms with Gasteiger partial charge >= 0.3 is 28.7 Å². The van der Waals surface area contributed by atoms with E-state index >= 15 is 0 Å². The van der Waals surface area contributed by atoms with Crippen molar-refractivity contribution in [3.8, 4) is 0 Å². The molecule has 0 spiro atoms. The van der Waals surface area contributed by atoms with Crippen LogP contribution in [0.15, 0.2) is 0 Å². The fourth-order valence-electron chi connectivity index (χ4n) is 0. The summed E-state index contributed by atoms with van der Waals surface area (Å²) in [6.07, 6.45) is 0. The van der Waals surface area contributed by atoms with Gasteiger partial charge < -0.3 is 0 Å². The summed E-state index contributed by atoms with van der Waals surface area (Å²) in [4.78, 5) is 0. The summed E-state index contributed by atoms with van der Waals surface area (Å²) in [7, 11) is 0. The number of hydrogen-bond donors (Lipinski definition) is 1. The third kappa shape index (κ3) is 493. The number of rotatable bonds is 0. The maximum atomic E-state index is 8.69. The Labute approximate surface area is 39.3 Å². The van der Waals surface area contributed by atoms with Gasteiger partial charge in [-0.05, 0) is 0 Å². The Morgan fingerprint density at radius 3 is 1.17 bits per heavy atom. The molecule has 0 aromatic carbocycles. The van der Waals surface area contributed by atoms with Crippen LogP contribution < -0.4 is 0 Å². The minimum absolute atomic E-state index is 0. The van der Waals surface area contributed by atoms with Crippen molar-refractivity contribution < 1.29 is 28.7 Å². The molecule has 0 aliphatic heterocycles. The molecule has 0 saturated heterocycles. The third-order valence-corrected chi connectivity index (χ3v) is 0. The molecule has 0 aromatic heterocycles. The molecular weight excluding hydrogens is 150 g/mol. The minimum atomic E-state index is -5.38. The Morgan fingerprint density at radius 1 is 1.17 bits per heavy atom. The summed E-state index contributed by atoms with van der Waals surface area (Å²) in [6, 6.07) is 0. The van der Waals surface area contributed by atoms with Crippen LogP contribution in [0, 0.1) is 0 Å². The Balaban J connectivity index is 0. The van der Waals surface area contributed by atoms with Gasteiger partial charge in [-0.2, -0.15) is 9.90 Å². The van der Waals surface area contributed by atoms with Gasteiger partial charge in [0.15, 0.2) is 0 Å². The first-order chi connectivity index (χ1) is 2.00. The molecular formula is H4MnO4P. The zero-order valence-corrected chi connectivity index (χ0v) is 5.35. The van der Waals surface area contributed by atoms with E-state index in [0.29, 0.717) is 0 Å². The Kier molecular flexibility index (Phi) is 3.95. The summed E-state index contributed by atoms with van der Waals surface area (Å²) >= 11 is -5.38. The fraction of sp³-hybridized carbons (Fsp3) is 0. The van der Waals surface area contributed by atoms with Crippen LogP contribution >= 0.6 is 9.90 Å². The predicted molar refractivity (Wildman–Crippen MR) is 15.4 cm³/mol. The summed E-state index contributed by atoms with van der Waals surface area (Å²) < 4.78 is 33.1. The van der Waals surface area contributed by atoms with Gasteiger partial charge in [0, 0.05) is 0 Å². The van der Waals surface area contributed by atoms with E-state index < -0.39 is 13.0 Å². The average Bonchev–Trinajstić information content (AvgIpc) is 0.722. The summed E-state index contributed by atoms with van der Waals surface area (Å²) in [5, 5.41) is 0. The van der Waals surface area contributed by atoms with Crippen molar-refractivity contribution in [2.45, 2.75) is 0 Å². The first-order valence-corrected chi connectivity index (χ1v) is 2.61. The van der Waals surface area contributed by atoms with E-state index in [1.54, 1.807) is 0 Å². The third-order valence-electron chi connectivity index (χ3n) is 0. The average molecular weight is 154 g/mol. The molecule has 0 heterocycles. The molecule has 1 atom stereocenters. The van der Waals surface area contributed by atoms with E-state index in [9.17, 15) is 0 Å². The van der Waals surface area contributed by atoms with Gasteiger partial charge in [0.2, 0.25) is 0 Å². The van der Waals surface area contributed by atoms with E-state index in [2.05, 4.69) is 0 Å². The van der Waals surface area contributed by atoms with Crippen molar-refractivity contribution >= 4 is 9.90 Å². The SMILES string of the molecule is P.[O]=[Mn](=[O])(=[O])[OH]. The second-order valence-electron chi connectivity index (χ2n) is 0.396. The van der Waals surface area contributed by atoms with Crippen LogP contribution in [0.25, 0.3) is 0 Å². The molecule has 0 rings (SSSR count). The number of hydrogen-bond acceptors (Lipinski definition) is 3. The maximum absolute atomic E-state index is 8.69. The van der Waals surface area contributed by atoms with E-state index in [1.807, 2.05) is 0 Å². The topological polar surface area (TPSA) is 71.4 Å². The van der Waals surface area contributed by atoms with Crippen molar-refractivity contribution in [2.24, 2.45) is 0 Å². The van der Waals surface area contributed by atoms with Crippen LogP contribution in [0.2, 0.25) is 0 Å². The van der Waals surface area contributed by atoms with Crippen molar-refractivity contribution in [3.63, 3.8) is 0 Å². The fourth-order valence-corrected chi connectivity index (χ4v) is 0. The molecule has 0 aromatic rings. The van der Waals surface area contributed by atoms with Crippen molar-refractivity contribution in [2.75, 3.05) is 0 Å². The van der Waals surface area contributed by atoms with Crippen molar-refractivity contribution in [1.29, 1.82) is 0 Å². The van der Waals surface area contributed by atoms with Gasteiger partial charge in [0.05, 0.1) is 0 Å². The zero-order valence-electron chi connectivity index (χ0n) is 2.76. The quantitative estimate of drug-likeness (QED) is 0.364. The van der Waals surface area contributed by atoms with Crippen LogP contribution in [0.5, 0.6) is 0 Å². The van der Waals surface area contributed by atoms with Crippen LogP contribution in [-0.2, 0) is 24.5 Å². The first-order valence-electron chi connectivity index (χ1n) is 0.632. The summed E-state index contributed by atoms with van der Waals surface area (Å²) in [6.45, 7) is 0. The van der Waals surface area contributed by atoms with Crippen LogP contribution in [-0.4, -0.2) is 4.19 Å². The Morgan fingerprint density at radius 2 is 1.17 bits per heavy atom. The molecule has 40 valence electrons. The van der Waals surface area contributed by atoms with E-state index in [-0.39, 0.29) is 9.90 Å². The van der Waals surface area contributed by atoms with Crippen LogP contribution in [0.1, 0.15) is 0 Å². The second-order valence-corrected chi connectivity index (χ2v) is 1.63. The molecule has 0 aliphatic carbocycles. The molecule has 6 heteroatoms. The van der Waals surface area contributed by atoms with Gasteiger partial charge in [-0.1, -0.05) is 0 Å². The Bertz CT molecular complexity index is 129. The van der Waals surface area contributed by atoms with Crippen LogP contribution in [0.3, 0.4) is 0 Å². The summed E-state index contributed by atoms with van der Waals surface area (Å²) in [5.74, 6) is 0. The molecule has 0 aliphatic rings. The molecule has 0 radical (unpaired) electrons.